The lowest BCUT2D eigenvalue weighted by Gasteiger charge is -2.20. The first-order chi connectivity index (χ1) is 10.1. The molecule has 7 heteroatoms. The van der Waals surface area contributed by atoms with Gasteiger partial charge in [-0.3, -0.25) is 14.7 Å². The van der Waals surface area contributed by atoms with Crippen LogP contribution in [0.5, 0.6) is 0 Å². The molecule has 1 aliphatic rings. The maximum Gasteiger partial charge on any atom is 0.308 e. The van der Waals surface area contributed by atoms with Crippen LogP contribution >= 0.6 is 0 Å². The topological polar surface area (TPSA) is 92.3 Å². The monoisotopic (exact) mass is 288 g/mol. The highest BCUT2D eigenvalue weighted by Gasteiger charge is 2.36. The van der Waals surface area contributed by atoms with Crippen LogP contribution in [0.4, 0.5) is 0 Å². The van der Waals surface area contributed by atoms with Crippen molar-refractivity contribution in [3.05, 3.63) is 30.3 Å². The number of pyridine rings is 1. The van der Waals surface area contributed by atoms with Gasteiger partial charge in [-0.15, -0.1) is 0 Å². The molecule has 0 amide bonds. The van der Waals surface area contributed by atoms with E-state index in [4.69, 9.17) is 9.63 Å². The summed E-state index contributed by atoms with van der Waals surface area (Å²) >= 11 is 0. The molecule has 110 valence electrons. The molecule has 0 aromatic carbocycles. The number of carboxylic acid groups (broad SMARTS) is 1. The third-order valence-corrected chi connectivity index (χ3v) is 3.90. The number of aromatic nitrogens is 3. The Labute approximate surface area is 121 Å². The number of aliphatic carboxylic acids is 1. The molecule has 2 aromatic heterocycles. The molecule has 0 bridgehead atoms. The van der Waals surface area contributed by atoms with Crippen molar-refractivity contribution in [2.24, 2.45) is 5.92 Å². The highest BCUT2D eigenvalue weighted by Crippen LogP contribution is 2.26. The lowest BCUT2D eigenvalue weighted by atomic mass is 10.0. The summed E-state index contributed by atoms with van der Waals surface area (Å²) in [5, 5.41) is 13.1. The van der Waals surface area contributed by atoms with E-state index >= 15 is 0 Å². The van der Waals surface area contributed by atoms with Crippen LogP contribution in [0, 0.1) is 5.92 Å². The quantitative estimate of drug-likeness (QED) is 0.909. The van der Waals surface area contributed by atoms with Crippen molar-refractivity contribution < 1.29 is 14.4 Å². The minimum atomic E-state index is -0.746. The van der Waals surface area contributed by atoms with Gasteiger partial charge in [0.15, 0.2) is 0 Å². The first kappa shape index (κ1) is 13.7. The SMILES string of the molecule is CC1C(C(=O)O)CCN1Cc1nc(-c2ccccn2)no1. The molecule has 3 rings (SSSR count). The summed E-state index contributed by atoms with van der Waals surface area (Å²) in [4.78, 5) is 21.6. The minimum Gasteiger partial charge on any atom is -0.481 e. The van der Waals surface area contributed by atoms with Gasteiger partial charge in [0.1, 0.15) is 5.69 Å². The molecule has 3 heterocycles. The van der Waals surface area contributed by atoms with Gasteiger partial charge < -0.3 is 9.63 Å². The largest absolute Gasteiger partial charge is 0.481 e. The molecule has 1 N–H and O–H groups in total. The zero-order valence-corrected chi connectivity index (χ0v) is 11.6. The molecule has 2 atom stereocenters. The van der Waals surface area contributed by atoms with E-state index < -0.39 is 5.97 Å². The smallest absolute Gasteiger partial charge is 0.308 e. The van der Waals surface area contributed by atoms with Gasteiger partial charge in [-0.25, -0.2) is 0 Å². The number of hydrogen-bond acceptors (Lipinski definition) is 6. The van der Waals surface area contributed by atoms with E-state index in [0.29, 0.717) is 30.4 Å². The Balaban J connectivity index is 1.70. The molecule has 1 fully saturated rings. The average Bonchev–Trinajstić information content (AvgIpc) is 3.08. The van der Waals surface area contributed by atoms with Crippen LogP contribution in [0.1, 0.15) is 19.2 Å². The highest BCUT2D eigenvalue weighted by atomic mass is 16.5. The first-order valence-corrected chi connectivity index (χ1v) is 6.86. The van der Waals surface area contributed by atoms with Gasteiger partial charge in [0.25, 0.3) is 0 Å². The number of likely N-dealkylation sites (tertiary alicyclic amines) is 1. The first-order valence-electron chi connectivity index (χ1n) is 6.86. The van der Waals surface area contributed by atoms with E-state index in [1.807, 2.05) is 25.1 Å². The van der Waals surface area contributed by atoms with Gasteiger partial charge in [-0.2, -0.15) is 4.98 Å². The Bertz CT molecular complexity index is 628. The highest BCUT2D eigenvalue weighted by molar-refractivity contribution is 5.71. The number of rotatable bonds is 4. The lowest BCUT2D eigenvalue weighted by molar-refractivity contribution is -0.142. The van der Waals surface area contributed by atoms with Gasteiger partial charge in [0.2, 0.25) is 11.7 Å². The molecular weight excluding hydrogens is 272 g/mol. The fourth-order valence-corrected chi connectivity index (χ4v) is 2.65. The fourth-order valence-electron chi connectivity index (χ4n) is 2.65. The van der Waals surface area contributed by atoms with Crippen molar-refractivity contribution >= 4 is 5.97 Å². The van der Waals surface area contributed by atoms with Crippen molar-refractivity contribution in [2.45, 2.75) is 25.9 Å². The summed E-state index contributed by atoms with van der Waals surface area (Å²) in [5.41, 5.74) is 0.658. The maximum atomic E-state index is 11.1. The molecule has 0 saturated carbocycles. The van der Waals surface area contributed by atoms with Crippen molar-refractivity contribution in [1.29, 1.82) is 0 Å². The summed E-state index contributed by atoms with van der Waals surface area (Å²) in [6.45, 7) is 3.10. The molecular formula is C14H16N4O3. The maximum absolute atomic E-state index is 11.1. The Morgan fingerprint density at radius 2 is 2.38 bits per heavy atom. The standard InChI is InChI=1S/C14H16N4O3/c1-9-10(14(19)20)5-7-18(9)8-12-16-13(17-21-12)11-4-2-3-6-15-11/h2-4,6,9-10H,5,7-8H2,1H3,(H,19,20). The molecule has 0 spiro atoms. The summed E-state index contributed by atoms with van der Waals surface area (Å²) in [5.74, 6) is -0.145. The van der Waals surface area contributed by atoms with E-state index in [1.165, 1.54) is 0 Å². The number of carbonyl (C=O) groups is 1. The van der Waals surface area contributed by atoms with Gasteiger partial charge in [-0.1, -0.05) is 11.2 Å². The predicted octanol–water partition coefficient (Wildman–Crippen LogP) is 1.43. The fraction of sp³-hybridized carbons (Fsp3) is 0.429. The molecule has 2 aromatic rings. The van der Waals surface area contributed by atoms with Gasteiger partial charge in [-0.05, 0) is 32.0 Å². The Kier molecular flexibility index (Phi) is 3.66. The minimum absolute atomic E-state index is 0.0345. The third-order valence-electron chi connectivity index (χ3n) is 3.90. The number of carboxylic acids is 1. The predicted molar refractivity (Wildman–Crippen MR) is 73.1 cm³/mol. The molecule has 0 radical (unpaired) electrons. The van der Waals surface area contributed by atoms with Crippen molar-refractivity contribution in [3.63, 3.8) is 0 Å². The summed E-state index contributed by atoms with van der Waals surface area (Å²) < 4.78 is 5.23. The van der Waals surface area contributed by atoms with Crippen molar-refractivity contribution in [1.82, 2.24) is 20.0 Å². The molecule has 0 aliphatic carbocycles. The van der Waals surface area contributed by atoms with E-state index in [0.717, 1.165) is 6.54 Å². The van der Waals surface area contributed by atoms with Crippen LogP contribution in [-0.4, -0.2) is 43.7 Å². The van der Waals surface area contributed by atoms with Gasteiger partial charge >= 0.3 is 5.97 Å². The molecule has 1 saturated heterocycles. The molecule has 21 heavy (non-hydrogen) atoms. The summed E-state index contributed by atoms with van der Waals surface area (Å²) in [6, 6.07) is 5.46. The number of nitrogens with zero attached hydrogens (tertiary/aromatic N) is 4. The normalized spacial score (nSPS) is 22.5. The zero-order chi connectivity index (χ0) is 14.8. The van der Waals surface area contributed by atoms with Crippen molar-refractivity contribution in [3.8, 4) is 11.5 Å². The number of hydrogen-bond donors (Lipinski definition) is 1. The third kappa shape index (κ3) is 2.78. The van der Waals surface area contributed by atoms with E-state index in [9.17, 15) is 4.79 Å². The van der Waals surface area contributed by atoms with Crippen molar-refractivity contribution in [2.75, 3.05) is 6.54 Å². The van der Waals surface area contributed by atoms with Crippen LogP contribution in [0.3, 0.4) is 0 Å². The molecule has 2 unspecified atom stereocenters. The average molecular weight is 288 g/mol. The summed E-state index contributed by atoms with van der Waals surface area (Å²) in [6.07, 6.45) is 2.32. The van der Waals surface area contributed by atoms with Crippen LogP contribution in [-0.2, 0) is 11.3 Å². The molecule has 1 aliphatic heterocycles. The van der Waals surface area contributed by atoms with Crippen LogP contribution in [0.25, 0.3) is 11.5 Å². The lowest BCUT2D eigenvalue weighted by Crippen LogP contribution is -2.32. The second kappa shape index (κ2) is 5.61. The van der Waals surface area contributed by atoms with Crippen LogP contribution in [0.15, 0.2) is 28.9 Å². The summed E-state index contributed by atoms with van der Waals surface area (Å²) in [7, 11) is 0. The second-order valence-electron chi connectivity index (χ2n) is 5.17. The zero-order valence-electron chi connectivity index (χ0n) is 11.6. The van der Waals surface area contributed by atoms with Crippen LogP contribution in [0.2, 0.25) is 0 Å². The van der Waals surface area contributed by atoms with E-state index in [2.05, 4.69) is 20.0 Å². The Morgan fingerprint density at radius 1 is 1.52 bits per heavy atom. The van der Waals surface area contributed by atoms with E-state index in [1.54, 1.807) is 6.20 Å². The second-order valence-corrected chi connectivity index (χ2v) is 5.17. The Hall–Kier alpha value is -2.28. The van der Waals surface area contributed by atoms with Gasteiger partial charge in [0, 0.05) is 12.2 Å². The van der Waals surface area contributed by atoms with Crippen LogP contribution < -0.4 is 0 Å². The van der Waals surface area contributed by atoms with Gasteiger partial charge in [0.05, 0.1) is 12.5 Å². The molecule has 7 nitrogen and oxygen atoms in total. The Morgan fingerprint density at radius 3 is 3.05 bits per heavy atom. The van der Waals surface area contributed by atoms with E-state index in [-0.39, 0.29) is 12.0 Å².